The van der Waals surface area contributed by atoms with E-state index < -0.39 is 0 Å². The fourth-order valence-corrected chi connectivity index (χ4v) is 2.31. The van der Waals surface area contributed by atoms with E-state index in [1.807, 2.05) is 41.2 Å². The molecule has 0 aliphatic rings. The number of carbonyl (C=O) groups is 1. The Morgan fingerprint density at radius 3 is 2.59 bits per heavy atom. The number of hydrogen-bond donors (Lipinski definition) is 1. The Balaban J connectivity index is 1.87. The van der Waals surface area contributed by atoms with Gasteiger partial charge in [0.05, 0.1) is 7.11 Å². The number of nitrogens with zero attached hydrogens (tertiary/aromatic N) is 1. The number of rotatable bonds is 7. The number of methoxy groups -OCH3 is 1. The van der Waals surface area contributed by atoms with Crippen molar-refractivity contribution >= 4 is 5.91 Å². The molecule has 0 bridgehead atoms. The Morgan fingerprint density at radius 1 is 1.18 bits per heavy atom. The molecular formula is C18H23N2O2+. The molecule has 0 aliphatic heterocycles. The molecule has 1 amide bonds. The first-order valence-corrected chi connectivity index (χ1v) is 7.59. The molecule has 0 saturated carbocycles. The third kappa shape index (κ3) is 4.58. The Morgan fingerprint density at radius 2 is 1.91 bits per heavy atom. The van der Waals surface area contributed by atoms with Gasteiger partial charge in [-0.05, 0) is 18.1 Å². The largest absolute Gasteiger partial charge is 0.496 e. The van der Waals surface area contributed by atoms with Crippen LogP contribution in [0.15, 0.2) is 48.8 Å². The Kier molecular flexibility index (Phi) is 5.95. The number of carbonyl (C=O) groups excluding carboxylic acids is 1. The number of pyridine rings is 1. The summed E-state index contributed by atoms with van der Waals surface area (Å²) in [5.74, 6) is 0.776. The molecule has 1 aromatic carbocycles. The van der Waals surface area contributed by atoms with E-state index in [-0.39, 0.29) is 5.91 Å². The van der Waals surface area contributed by atoms with Crippen molar-refractivity contribution in [1.29, 1.82) is 0 Å². The quantitative estimate of drug-likeness (QED) is 0.797. The number of benzene rings is 1. The average Bonchev–Trinajstić information content (AvgIpc) is 2.55. The second-order valence-corrected chi connectivity index (χ2v) is 5.22. The number of aryl methyl sites for hydroxylation is 1. The van der Waals surface area contributed by atoms with Crippen molar-refractivity contribution in [3.63, 3.8) is 0 Å². The highest BCUT2D eigenvalue weighted by atomic mass is 16.5. The summed E-state index contributed by atoms with van der Waals surface area (Å²) in [6.07, 6.45) is 6.10. The molecule has 0 spiro atoms. The lowest BCUT2D eigenvalue weighted by atomic mass is 10.1. The zero-order valence-corrected chi connectivity index (χ0v) is 13.2. The van der Waals surface area contributed by atoms with Crippen LogP contribution in [0.1, 0.15) is 24.5 Å². The molecule has 2 rings (SSSR count). The topological polar surface area (TPSA) is 42.2 Å². The second-order valence-electron chi connectivity index (χ2n) is 5.22. The number of ether oxygens (including phenoxy) is 1. The summed E-state index contributed by atoms with van der Waals surface area (Å²) >= 11 is 0. The Labute approximate surface area is 131 Å². The van der Waals surface area contributed by atoms with Gasteiger partial charge in [0, 0.05) is 24.2 Å². The minimum absolute atomic E-state index is 0.0147. The van der Waals surface area contributed by atoms with E-state index in [0.717, 1.165) is 24.2 Å². The van der Waals surface area contributed by atoms with E-state index in [9.17, 15) is 4.79 Å². The predicted octanol–water partition coefficient (Wildman–Crippen LogP) is 2.25. The minimum atomic E-state index is -0.0147. The first-order valence-electron chi connectivity index (χ1n) is 7.59. The summed E-state index contributed by atoms with van der Waals surface area (Å²) in [4.78, 5) is 12.0. The zero-order chi connectivity index (χ0) is 15.8. The third-order valence-electron chi connectivity index (χ3n) is 3.49. The Bertz CT molecular complexity index is 609. The van der Waals surface area contributed by atoms with Crippen molar-refractivity contribution in [2.75, 3.05) is 7.11 Å². The van der Waals surface area contributed by atoms with Gasteiger partial charge in [-0.15, -0.1) is 0 Å². The molecule has 0 radical (unpaired) electrons. The van der Waals surface area contributed by atoms with E-state index in [4.69, 9.17) is 4.74 Å². The van der Waals surface area contributed by atoms with Gasteiger partial charge >= 0.3 is 0 Å². The Hall–Kier alpha value is -2.36. The van der Waals surface area contributed by atoms with Crippen LogP contribution in [-0.4, -0.2) is 13.0 Å². The van der Waals surface area contributed by atoms with Crippen LogP contribution in [0.4, 0.5) is 0 Å². The monoisotopic (exact) mass is 299 g/mol. The maximum absolute atomic E-state index is 12.0. The van der Waals surface area contributed by atoms with Crippen molar-refractivity contribution in [3.05, 3.63) is 59.9 Å². The molecular weight excluding hydrogens is 276 g/mol. The van der Waals surface area contributed by atoms with Crippen molar-refractivity contribution in [3.8, 4) is 5.75 Å². The summed E-state index contributed by atoms with van der Waals surface area (Å²) in [5, 5.41) is 2.92. The molecule has 1 N–H and O–H groups in total. The molecule has 0 saturated heterocycles. The molecule has 2 aromatic rings. The van der Waals surface area contributed by atoms with Gasteiger partial charge in [-0.25, -0.2) is 0 Å². The molecule has 22 heavy (non-hydrogen) atoms. The zero-order valence-electron chi connectivity index (χ0n) is 13.2. The van der Waals surface area contributed by atoms with Crippen molar-refractivity contribution in [2.24, 2.45) is 0 Å². The first-order chi connectivity index (χ1) is 10.7. The minimum Gasteiger partial charge on any atom is -0.496 e. The lowest BCUT2D eigenvalue weighted by molar-refractivity contribution is -0.684. The number of para-hydroxylation sites is 1. The van der Waals surface area contributed by atoms with Crippen LogP contribution in [0, 0.1) is 0 Å². The third-order valence-corrected chi connectivity index (χ3v) is 3.49. The summed E-state index contributed by atoms with van der Waals surface area (Å²) in [7, 11) is 1.63. The molecule has 4 nitrogen and oxygen atoms in total. The van der Waals surface area contributed by atoms with Gasteiger partial charge in [0.1, 0.15) is 5.75 Å². The summed E-state index contributed by atoms with van der Waals surface area (Å²) in [6.45, 7) is 2.95. The molecule has 0 unspecified atom stereocenters. The van der Waals surface area contributed by atoms with Crippen LogP contribution in [0.25, 0.3) is 0 Å². The number of amides is 1. The number of hydrogen-bond acceptors (Lipinski definition) is 2. The molecule has 116 valence electrons. The smallest absolute Gasteiger partial charge is 0.286 e. The van der Waals surface area contributed by atoms with Gasteiger partial charge in [0.15, 0.2) is 12.4 Å². The van der Waals surface area contributed by atoms with Crippen molar-refractivity contribution in [1.82, 2.24) is 5.32 Å². The van der Waals surface area contributed by atoms with E-state index >= 15 is 0 Å². The van der Waals surface area contributed by atoms with Gasteiger partial charge in [-0.1, -0.05) is 31.5 Å². The van der Waals surface area contributed by atoms with Gasteiger partial charge in [-0.3, -0.25) is 4.79 Å². The summed E-state index contributed by atoms with van der Waals surface area (Å²) < 4.78 is 7.16. The maximum Gasteiger partial charge on any atom is 0.286 e. The molecule has 1 aromatic heterocycles. The van der Waals surface area contributed by atoms with Gasteiger partial charge < -0.3 is 10.1 Å². The first kappa shape index (κ1) is 16.0. The maximum atomic E-state index is 12.0. The second kappa shape index (κ2) is 8.17. The highest BCUT2D eigenvalue weighted by molar-refractivity contribution is 5.74. The van der Waals surface area contributed by atoms with Crippen LogP contribution in [-0.2, 0) is 24.3 Å². The van der Waals surface area contributed by atoms with Crippen LogP contribution < -0.4 is 14.6 Å². The fourth-order valence-electron chi connectivity index (χ4n) is 2.31. The highest BCUT2D eigenvalue weighted by Crippen LogP contribution is 2.16. The summed E-state index contributed by atoms with van der Waals surface area (Å²) in [5.41, 5.74) is 2.27. The van der Waals surface area contributed by atoms with E-state index in [0.29, 0.717) is 13.1 Å². The van der Waals surface area contributed by atoms with Gasteiger partial charge in [0.2, 0.25) is 6.54 Å². The van der Waals surface area contributed by atoms with Crippen LogP contribution in [0.3, 0.4) is 0 Å². The SMILES string of the molecule is CCCc1cc[n+](CC(=O)NCc2ccccc2OC)cc1. The standard InChI is InChI=1S/C18H22N2O2/c1-3-6-15-9-11-20(12-10-15)14-18(21)19-13-16-7-4-5-8-17(16)22-2/h4-5,7-12H,3,6,13-14H2,1-2H3/p+1. The van der Waals surface area contributed by atoms with Crippen LogP contribution in [0.5, 0.6) is 5.75 Å². The van der Waals surface area contributed by atoms with Gasteiger partial charge in [-0.2, -0.15) is 4.57 Å². The normalized spacial score (nSPS) is 10.3. The van der Waals surface area contributed by atoms with Crippen molar-refractivity contribution in [2.45, 2.75) is 32.9 Å². The van der Waals surface area contributed by atoms with Crippen LogP contribution in [0.2, 0.25) is 0 Å². The molecule has 4 heteroatoms. The number of aromatic nitrogens is 1. The molecule has 0 aliphatic carbocycles. The average molecular weight is 299 g/mol. The van der Waals surface area contributed by atoms with E-state index in [1.54, 1.807) is 7.11 Å². The predicted molar refractivity (Wildman–Crippen MR) is 85.5 cm³/mol. The lowest BCUT2D eigenvalue weighted by Gasteiger charge is -2.08. The molecule has 1 heterocycles. The van der Waals surface area contributed by atoms with Gasteiger partial charge in [0.25, 0.3) is 5.91 Å². The van der Waals surface area contributed by atoms with Crippen LogP contribution >= 0.6 is 0 Å². The lowest BCUT2D eigenvalue weighted by Crippen LogP contribution is -2.42. The fraction of sp³-hybridized carbons (Fsp3) is 0.333. The van der Waals surface area contributed by atoms with E-state index in [2.05, 4.69) is 24.4 Å². The molecule has 0 atom stereocenters. The molecule has 0 fully saturated rings. The van der Waals surface area contributed by atoms with Crippen molar-refractivity contribution < 1.29 is 14.1 Å². The number of nitrogens with one attached hydrogen (secondary N) is 1. The van der Waals surface area contributed by atoms with E-state index in [1.165, 1.54) is 5.56 Å². The summed E-state index contributed by atoms with van der Waals surface area (Å²) in [6, 6.07) is 11.8. The highest BCUT2D eigenvalue weighted by Gasteiger charge is 2.10.